The van der Waals surface area contributed by atoms with Gasteiger partial charge < -0.3 is 10.6 Å². The van der Waals surface area contributed by atoms with Crippen LogP contribution < -0.4 is 5.73 Å². The smallest absolute Gasteiger partial charge is 0.219 e. The molecule has 4 heteroatoms. The summed E-state index contributed by atoms with van der Waals surface area (Å²) in [5.74, 6) is 0.0223. The Labute approximate surface area is 71.7 Å². The molecule has 70 valence electrons. The highest BCUT2D eigenvalue weighted by Crippen LogP contribution is 2.24. The summed E-state index contributed by atoms with van der Waals surface area (Å²) in [5.41, 5.74) is 4.05. The summed E-state index contributed by atoms with van der Waals surface area (Å²) < 4.78 is 13.5. The molecule has 0 atom stereocenters. The lowest BCUT2D eigenvalue weighted by molar-refractivity contribution is -0.131. The summed E-state index contributed by atoms with van der Waals surface area (Å²) in [6.45, 7) is 2.58. The average molecular weight is 174 g/mol. The van der Waals surface area contributed by atoms with Crippen molar-refractivity contribution in [1.82, 2.24) is 4.90 Å². The Balaban J connectivity index is 2.44. The van der Waals surface area contributed by atoms with E-state index in [2.05, 4.69) is 0 Å². The van der Waals surface area contributed by atoms with Crippen LogP contribution in [0.2, 0.25) is 0 Å². The zero-order valence-electron chi connectivity index (χ0n) is 7.35. The van der Waals surface area contributed by atoms with Crippen molar-refractivity contribution in [1.29, 1.82) is 0 Å². The van der Waals surface area contributed by atoms with E-state index in [4.69, 9.17) is 5.73 Å². The Morgan fingerprint density at radius 3 is 2.42 bits per heavy atom. The first-order valence-electron chi connectivity index (χ1n) is 4.22. The number of rotatable bonds is 1. The number of amides is 1. The van der Waals surface area contributed by atoms with Gasteiger partial charge >= 0.3 is 0 Å². The summed E-state index contributed by atoms with van der Waals surface area (Å²) in [6.07, 6.45) is 0.756. The zero-order valence-corrected chi connectivity index (χ0v) is 7.35. The first kappa shape index (κ1) is 9.45. The third-order valence-corrected chi connectivity index (χ3v) is 2.47. The van der Waals surface area contributed by atoms with Crippen molar-refractivity contribution in [2.45, 2.75) is 25.4 Å². The summed E-state index contributed by atoms with van der Waals surface area (Å²) in [7, 11) is 0. The lowest BCUT2D eigenvalue weighted by Gasteiger charge is -2.35. The van der Waals surface area contributed by atoms with E-state index in [0.717, 1.165) is 0 Å². The largest absolute Gasteiger partial charge is 0.343 e. The minimum absolute atomic E-state index is 0.0223. The highest BCUT2D eigenvalue weighted by atomic mass is 19.1. The Bertz CT molecular complexity index is 176. The van der Waals surface area contributed by atoms with Gasteiger partial charge in [0.15, 0.2) is 0 Å². The third kappa shape index (κ3) is 1.94. The van der Waals surface area contributed by atoms with Crippen LogP contribution in [0.3, 0.4) is 0 Å². The number of carbonyl (C=O) groups excluding carboxylic acids is 1. The standard InChI is InChI=1S/C8H15FN2O/c1-7(12)11-4-2-8(9,6-10)3-5-11/h2-6,10H2,1H3. The van der Waals surface area contributed by atoms with Crippen LogP contribution in [-0.2, 0) is 4.79 Å². The second-order valence-corrected chi connectivity index (χ2v) is 3.36. The monoisotopic (exact) mass is 174 g/mol. The van der Waals surface area contributed by atoms with Gasteiger partial charge in [0.05, 0.1) is 0 Å². The van der Waals surface area contributed by atoms with Crippen LogP contribution in [0.5, 0.6) is 0 Å². The van der Waals surface area contributed by atoms with E-state index < -0.39 is 5.67 Å². The van der Waals surface area contributed by atoms with Gasteiger partial charge in [0.2, 0.25) is 5.91 Å². The Kier molecular flexibility index (Phi) is 2.67. The molecular weight excluding hydrogens is 159 g/mol. The van der Waals surface area contributed by atoms with Gasteiger partial charge in [0, 0.05) is 39.4 Å². The Morgan fingerprint density at radius 1 is 1.58 bits per heavy atom. The van der Waals surface area contributed by atoms with E-state index in [-0.39, 0.29) is 12.5 Å². The van der Waals surface area contributed by atoms with E-state index in [0.29, 0.717) is 25.9 Å². The summed E-state index contributed by atoms with van der Waals surface area (Å²) in [4.78, 5) is 12.5. The molecule has 0 aromatic rings. The fourth-order valence-electron chi connectivity index (χ4n) is 1.43. The second kappa shape index (κ2) is 3.39. The molecule has 0 aromatic carbocycles. The molecule has 1 amide bonds. The van der Waals surface area contributed by atoms with Crippen molar-refractivity contribution in [3.05, 3.63) is 0 Å². The van der Waals surface area contributed by atoms with E-state index in [1.807, 2.05) is 0 Å². The van der Waals surface area contributed by atoms with Crippen LogP contribution in [0.4, 0.5) is 4.39 Å². The maximum Gasteiger partial charge on any atom is 0.219 e. The van der Waals surface area contributed by atoms with Gasteiger partial charge in [-0.25, -0.2) is 4.39 Å². The topological polar surface area (TPSA) is 46.3 Å². The van der Waals surface area contributed by atoms with E-state index >= 15 is 0 Å². The minimum atomic E-state index is -1.23. The molecule has 3 nitrogen and oxygen atoms in total. The zero-order chi connectivity index (χ0) is 9.19. The predicted octanol–water partition coefficient (Wildman–Crippen LogP) is 0.296. The number of piperidine rings is 1. The number of likely N-dealkylation sites (tertiary alicyclic amines) is 1. The lowest BCUT2D eigenvalue weighted by Crippen LogP contribution is -2.47. The maximum absolute atomic E-state index is 13.5. The van der Waals surface area contributed by atoms with Gasteiger partial charge in [-0.1, -0.05) is 0 Å². The molecule has 0 unspecified atom stereocenters. The van der Waals surface area contributed by atoms with Crippen LogP contribution in [-0.4, -0.2) is 36.1 Å². The van der Waals surface area contributed by atoms with Crippen LogP contribution in [0, 0.1) is 0 Å². The first-order valence-corrected chi connectivity index (χ1v) is 4.22. The molecule has 0 saturated carbocycles. The second-order valence-electron chi connectivity index (χ2n) is 3.36. The molecular formula is C8H15FN2O. The third-order valence-electron chi connectivity index (χ3n) is 2.47. The molecule has 12 heavy (non-hydrogen) atoms. The maximum atomic E-state index is 13.5. The molecule has 0 bridgehead atoms. The number of alkyl halides is 1. The molecule has 1 rings (SSSR count). The van der Waals surface area contributed by atoms with Crippen LogP contribution >= 0.6 is 0 Å². The molecule has 1 aliphatic heterocycles. The van der Waals surface area contributed by atoms with Crippen molar-refractivity contribution < 1.29 is 9.18 Å². The number of hydrogen-bond acceptors (Lipinski definition) is 2. The van der Waals surface area contributed by atoms with Crippen molar-refractivity contribution in [2.24, 2.45) is 5.73 Å². The number of nitrogens with zero attached hydrogens (tertiary/aromatic N) is 1. The normalized spacial score (nSPS) is 22.4. The van der Waals surface area contributed by atoms with Crippen LogP contribution in [0.1, 0.15) is 19.8 Å². The van der Waals surface area contributed by atoms with Crippen LogP contribution in [0.25, 0.3) is 0 Å². The number of nitrogens with two attached hydrogens (primary N) is 1. The fraction of sp³-hybridized carbons (Fsp3) is 0.875. The number of halogens is 1. The number of carbonyl (C=O) groups is 1. The molecule has 1 saturated heterocycles. The molecule has 1 heterocycles. The van der Waals surface area contributed by atoms with Crippen molar-refractivity contribution >= 4 is 5.91 Å². The van der Waals surface area contributed by atoms with Gasteiger partial charge in [-0.05, 0) is 0 Å². The first-order chi connectivity index (χ1) is 5.57. The quantitative estimate of drug-likeness (QED) is 0.621. The molecule has 0 radical (unpaired) electrons. The fourth-order valence-corrected chi connectivity index (χ4v) is 1.43. The Morgan fingerprint density at radius 2 is 2.08 bits per heavy atom. The molecule has 1 aliphatic rings. The van der Waals surface area contributed by atoms with Gasteiger partial charge in [0.1, 0.15) is 5.67 Å². The molecule has 1 fully saturated rings. The average Bonchev–Trinajstić information content (AvgIpc) is 2.05. The lowest BCUT2D eigenvalue weighted by atomic mass is 9.93. The predicted molar refractivity (Wildman–Crippen MR) is 44.4 cm³/mol. The van der Waals surface area contributed by atoms with E-state index in [1.165, 1.54) is 6.92 Å². The molecule has 0 aromatic heterocycles. The summed E-state index contributed by atoms with van der Waals surface area (Å²) in [6, 6.07) is 0. The van der Waals surface area contributed by atoms with Crippen LogP contribution in [0.15, 0.2) is 0 Å². The molecule has 0 spiro atoms. The van der Waals surface area contributed by atoms with Gasteiger partial charge in [-0.2, -0.15) is 0 Å². The van der Waals surface area contributed by atoms with E-state index in [9.17, 15) is 9.18 Å². The Hall–Kier alpha value is -0.640. The van der Waals surface area contributed by atoms with Gasteiger partial charge in [-0.15, -0.1) is 0 Å². The highest BCUT2D eigenvalue weighted by molar-refractivity contribution is 5.73. The summed E-state index contributed by atoms with van der Waals surface area (Å²) >= 11 is 0. The van der Waals surface area contributed by atoms with Crippen molar-refractivity contribution in [3.63, 3.8) is 0 Å². The highest BCUT2D eigenvalue weighted by Gasteiger charge is 2.33. The molecule has 2 N–H and O–H groups in total. The van der Waals surface area contributed by atoms with Crippen molar-refractivity contribution in [3.8, 4) is 0 Å². The van der Waals surface area contributed by atoms with Crippen molar-refractivity contribution in [2.75, 3.05) is 19.6 Å². The van der Waals surface area contributed by atoms with Gasteiger partial charge in [-0.3, -0.25) is 4.79 Å². The SMILES string of the molecule is CC(=O)N1CCC(F)(CN)CC1. The summed E-state index contributed by atoms with van der Waals surface area (Å²) in [5, 5.41) is 0. The van der Waals surface area contributed by atoms with Gasteiger partial charge in [0.25, 0.3) is 0 Å². The minimum Gasteiger partial charge on any atom is -0.343 e. The van der Waals surface area contributed by atoms with E-state index in [1.54, 1.807) is 4.90 Å². The molecule has 0 aliphatic carbocycles. The number of hydrogen-bond donors (Lipinski definition) is 1.